The Hall–Kier alpha value is -0.890. The summed E-state index contributed by atoms with van der Waals surface area (Å²) in [7, 11) is 0. The van der Waals surface area contributed by atoms with E-state index < -0.39 is 0 Å². The lowest BCUT2D eigenvalue weighted by Gasteiger charge is -2.05. The fourth-order valence-corrected chi connectivity index (χ4v) is 0.804. The maximum Gasteiger partial charge on any atom is 0.0303 e. The maximum absolute atomic E-state index is 5.48. The number of hydrogen-bond acceptors (Lipinski definition) is 2. The summed E-state index contributed by atoms with van der Waals surface area (Å²) in [5.41, 5.74) is 6.69. The molecule has 1 rings (SSSR count). The largest absolute Gasteiger partial charge is 0.330 e. The van der Waals surface area contributed by atoms with Gasteiger partial charge >= 0.3 is 0 Å². The van der Waals surface area contributed by atoms with E-state index in [1.54, 1.807) is 6.20 Å². The zero-order valence-corrected chi connectivity index (χ0v) is 6.12. The van der Waals surface area contributed by atoms with E-state index in [9.17, 15) is 0 Å². The van der Waals surface area contributed by atoms with Gasteiger partial charge in [-0.05, 0) is 24.1 Å². The lowest BCUT2D eigenvalue weighted by molar-refractivity contribution is 0.769. The minimum absolute atomic E-state index is 0.425. The fourth-order valence-electron chi connectivity index (χ4n) is 0.804. The highest BCUT2D eigenvalue weighted by atomic mass is 14.6. The van der Waals surface area contributed by atoms with Gasteiger partial charge in [-0.3, -0.25) is 4.98 Å². The molecule has 0 amide bonds. The lowest BCUT2D eigenvalue weighted by Crippen LogP contribution is -2.08. The predicted octanol–water partition coefficient (Wildman–Crippen LogP) is 1.14. The van der Waals surface area contributed by atoms with Gasteiger partial charge in [0.05, 0.1) is 0 Å². The Morgan fingerprint density at radius 3 is 3.00 bits per heavy atom. The van der Waals surface area contributed by atoms with Crippen molar-refractivity contribution in [3.05, 3.63) is 30.1 Å². The van der Waals surface area contributed by atoms with Gasteiger partial charge in [-0.1, -0.05) is 13.0 Å². The zero-order valence-electron chi connectivity index (χ0n) is 6.12. The Kier molecular flexibility index (Phi) is 2.40. The molecule has 0 aliphatic heterocycles. The number of aromatic nitrogens is 1. The molecule has 0 radical (unpaired) electrons. The Labute approximate surface area is 61.1 Å². The van der Waals surface area contributed by atoms with Crippen molar-refractivity contribution in [3.8, 4) is 0 Å². The quantitative estimate of drug-likeness (QED) is 0.662. The van der Waals surface area contributed by atoms with Crippen molar-refractivity contribution in [2.75, 3.05) is 6.54 Å². The molecule has 1 aromatic rings. The van der Waals surface area contributed by atoms with Crippen LogP contribution in [0.5, 0.6) is 0 Å². The summed E-state index contributed by atoms with van der Waals surface area (Å²) < 4.78 is 0. The van der Waals surface area contributed by atoms with E-state index >= 15 is 0 Å². The van der Waals surface area contributed by atoms with Crippen molar-refractivity contribution in [1.29, 1.82) is 0 Å². The second-order valence-electron chi connectivity index (χ2n) is 2.42. The standard InChI is InChI=1S/C8H12N2/c1-7(5-9)8-3-2-4-10-6-8/h2-4,6-7H,5,9H2,1H3. The molecule has 1 aromatic heterocycles. The van der Waals surface area contributed by atoms with E-state index in [0.717, 1.165) is 0 Å². The predicted molar refractivity (Wildman–Crippen MR) is 41.7 cm³/mol. The number of rotatable bonds is 2. The molecule has 0 saturated carbocycles. The molecule has 0 fully saturated rings. The first-order valence-corrected chi connectivity index (χ1v) is 3.44. The summed E-state index contributed by atoms with van der Waals surface area (Å²) in [6, 6.07) is 3.98. The molecule has 1 heterocycles. The van der Waals surface area contributed by atoms with Crippen molar-refractivity contribution in [1.82, 2.24) is 4.98 Å². The van der Waals surface area contributed by atoms with E-state index in [1.165, 1.54) is 5.56 Å². The van der Waals surface area contributed by atoms with Gasteiger partial charge in [-0.2, -0.15) is 0 Å². The molecular formula is C8H12N2. The van der Waals surface area contributed by atoms with E-state index in [4.69, 9.17) is 5.73 Å². The number of pyridine rings is 1. The summed E-state index contributed by atoms with van der Waals surface area (Å²) in [5, 5.41) is 0. The van der Waals surface area contributed by atoms with Crippen LogP contribution in [0.1, 0.15) is 18.4 Å². The third-order valence-corrected chi connectivity index (χ3v) is 1.61. The van der Waals surface area contributed by atoms with Crippen LogP contribution in [0.15, 0.2) is 24.5 Å². The molecule has 0 spiro atoms. The SMILES string of the molecule is CC(CN)c1cccnc1. The van der Waals surface area contributed by atoms with E-state index in [1.807, 2.05) is 18.3 Å². The molecule has 2 heteroatoms. The van der Waals surface area contributed by atoms with E-state index in [2.05, 4.69) is 11.9 Å². The molecule has 10 heavy (non-hydrogen) atoms. The van der Waals surface area contributed by atoms with Gasteiger partial charge in [0.1, 0.15) is 0 Å². The van der Waals surface area contributed by atoms with Crippen molar-refractivity contribution in [2.45, 2.75) is 12.8 Å². The first kappa shape index (κ1) is 7.22. The van der Waals surface area contributed by atoms with E-state index in [-0.39, 0.29) is 0 Å². The number of nitrogens with two attached hydrogens (primary N) is 1. The molecule has 0 aliphatic carbocycles. The summed E-state index contributed by atoms with van der Waals surface area (Å²) in [5.74, 6) is 0.425. The van der Waals surface area contributed by atoms with Crippen molar-refractivity contribution < 1.29 is 0 Å². The first-order chi connectivity index (χ1) is 4.84. The van der Waals surface area contributed by atoms with Crippen LogP contribution in [0.25, 0.3) is 0 Å². The summed E-state index contributed by atoms with van der Waals surface area (Å²) in [6.07, 6.45) is 3.63. The van der Waals surface area contributed by atoms with Gasteiger partial charge in [0.15, 0.2) is 0 Å². The molecule has 1 unspecified atom stereocenters. The number of nitrogens with zero attached hydrogens (tertiary/aromatic N) is 1. The van der Waals surface area contributed by atoms with Crippen molar-refractivity contribution in [2.24, 2.45) is 5.73 Å². The van der Waals surface area contributed by atoms with Crippen LogP contribution in [0.3, 0.4) is 0 Å². The highest BCUT2D eigenvalue weighted by Gasteiger charge is 2.00. The average molecular weight is 136 g/mol. The van der Waals surface area contributed by atoms with Crippen LogP contribution in [-0.4, -0.2) is 11.5 Å². The second-order valence-corrected chi connectivity index (χ2v) is 2.42. The zero-order chi connectivity index (χ0) is 7.40. The summed E-state index contributed by atoms with van der Waals surface area (Å²) >= 11 is 0. The molecular weight excluding hydrogens is 124 g/mol. The van der Waals surface area contributed by atoms with E-state index in [0.29, 0.717) is 12.5 Å². The van der Waals surface area contributed by atoms with Crippen LogP contribution in [0, 0.1) is 0 Å². The Morgan fingerprint density at radius 1 is 1.70 bits per heavy atom. The molecule has 0 aliphatic rings. The molecule has 0 bridgehead atoms. The monoisotopic (exact) mass is 136 g/mol. The topological polar surface area (TPSA) is 38.9 Å². The lowest BCUT2D eigenvalue weighted by atomic mass is 10.0. The smallest absolute Gasteiger partial charge is 0.0303 e. The third-order valence-electron chi connectivity index (χ3n) is 1.61. The minimum Gasteiger partial charge on any atom is -0.330 e. The average Bonchev–Trinajstić information content (AvgIpc) is 2.05. The maximum atomic E-state index is 5.48. The highest BCUT2D eigenvalue weighted by Crippen LogP contribution is 2.10. The summed E-state index contributed by atoms with van der Waals surface area (Å²) in [4.78, 5) is 4.00. The van der Waals surface area contributed by atoms with Gasteiger partial charge in [-0.25, -0.2) is 0 Å². The molecule has 0 saturated heterocycles. The van der Waals surface area contributed by atoms with Crippen LogP contribution >= 0.6 is 0 Å². The highest BCUT2D eigenvalue weighted by molar-refractivity contribution is 5.13. The Bertz CT molecular complexity index is 184. The molecule has 2 nitrogen and oxygen atoms in total. The van der Waals surface area contributed by atoms with Crippen LogP contribution in [0.2, 0.25) is 0 Å². The normalized spacial score (nSPS) is 13.0. The fraction of sp³-hybridized carbons (Fsp3) is 0.375. The molecule has 54 valence electrons. The van der Waals surface area contributed by atoms with Crippen molar-refractivity contribution in [3.63, 3.8) is 0 Å². The van der Waals surface area contributed by atoms with Gasteiger partial charge in [0.2, 0.25) is 0 Å². The Morgan fingerprint density at radius 2 is 2.50 bits per heavy atom. The molecule has 2 N–H and O–H groups in total. The Balaban J connectivity index is 2.75. The molecule has 0 aromatic carbocycles. The van der Waals surface area contributed by atoms with Gasteiger partial charge in [-0.15, -0.1) is 0 Å². The van der Waals surface area contributed by atoms with Gasteiger partial charge in [0.25, 0.3) is 0 Å². The van der Waals surface area contributed by atoms with Crippen LogP contribution < -0.4 is 5.73 Å². The van der Waals surface area contributed by atoms with Crippen molar-refractivity contribution >= 4 is 0 Å². The van der Waals surface area contributed by atoms with Crippen LogP contribution in [0.4, 0.5) is 0 Å². The first-order valence-electron chi connectivity index (χ1n) is 3.44. The van der Waals surface area contributed by atoms with Gasteiger partial charge < -0.3 is 5.73 Å². The summed E-state index contributed by atoms with van der Waals surface area (Å²) in [6.45, 7) is 2.78. The molecule has 1 atom stereocenters. The van der Waals surface area contributed by atoms with Crippen LogP contribution in [-0.2, 0) is 0 Å². The third kappa shape index (κ3) is 1.54. The minimum atomic E-state index is 0.425. The number of hydrogen-bond donors (Lipinski definition) is 1. The second kappa shape index (κ2) is 3.32. The van der Waals surface area contributed by atoms with Gasteiger partial charge in [0, 0.05) is 12.4 Å².